The van der Waals surface area contributed by atoms with E-state index in [1.165, 1.54) is 20.8 Å². The highest BCUT2D eigenvalue weighted by molar-refractivity contribution is 7.89. The molecule has 4 rings (SSSR count). The van der Waals surface area contributed by atoms with Gasteiger partial charge in [0.2, 0.25) is 10.0 Å². The average Bonchev–Trinajstić information content (AvgIpc) is 2.95. The number of sulfonamides is 1. The Morgan fingerprint density at radius 2 is 1.49 bits per heavy atom. The molecule has 216 valence electrons. The van der Waals surface area contributed by atoms with Gasteiger partial charge in [-0.05, 0) is 59.8 Å². The third-order valence-electron chi connectivity index (χ3n) is 7.81. The van der Waals surface area contributed by atoms with Crippen molar-refractivity contribution in [1.82, 2.24) is 4.31 Å². The standard InChI is InChI=1S/C34H41NO4SSi/c1-6-14-28-22-25-33(36)32(35(28)40(37,38)29-23-20-27(2)21-24-29)19-13-26-39-41(34(3,4)5,30-15-9-7-10-16-30)31-17-11-8-12-18-31/h6-12,15-18,20-25,28,32H,1,13-14,19,26H2,2-5H3/t28-,32+/m1/s1. The molecule has 3 aromatic rings. The van der Waals surface area contributed by atoms with Gasteiger partial charge in [0.15, 0.2) is 5.78 Å². The summed E-state index contributed by atoms with van der Waals surface area (Å²) in [6.07, 6.45) is 6.24. The zero-order chi connectivity index (χ0) is 29.7. The molecule has 0 N–H and O–H groups in total. The highest BCUT2D eigenvalue weighted by Gasteiger charge is 2.50. The van der Waals surface area contributed by atoms with Gasteiger partial charge in [0.1, 0.15) is 0 Å². The fourth-order valence-electron chi connectivity index (χ4n) is 5.82. The number of hydrogen-bond acceptors (Lipinski definition) is 4. The lowest BCUT2D eigenvalue weighted by atomic mass is 9.99. The van der Waals surface area contributed by atoms with Gasteiger partial charge in [-0.25, -0.2) is 8.42 Å². The fraction of sp³-hybridized carbons (Fsp3) is 0.324. The van der Waals surface area contributed by atoms with Crippen molar-refractivity contribution in [3.05, 3.63) is 115 Å². The van der Waals surface area contributed by atoms with Gasteiger partial charge < -0.3 is 4.43 Å². The molecule has 0 spiro atoms. The molecule has 0 saturated carbocycles. The van der Waals surface area contributed by atoms with E-state index in [4.69, 9.17) is 4.43 Å². The lowest BCUT2D eigenvalue weighted by Gasteiger charge is -2.43. The van der Waals surface area contributed by atoms with E-state index in [1.807, 2.05) is 19.1 Å². The second kappa shape index (κ2) is 12.8. The second-order valence-corrected chi connectivity index (χ2v) is 17.8. The summed E-state index contributed by atoms with van der Waals surface area (Å²) >= 11 is 0. The largest absolute Gasteiger partial charge is 0.407 e. The Kier molecular flexibility index (Phi) is 9.65. The van der Waals surface area contributed by atoms with Crippen molar-refractivity contribution in [3.8, 4) is 0 Å². The van der Waals surface area contributed by atoms with Crippen molar-refractivity contribution < 1.29 is 17.6 Å². The van der Waals surface area contributed by atoms with Crippen LogP contribution in [0.3, 0.4) is 0 Å². The number of nitrogens with zero attached hydrogens (tertiary/aromatic N) is 1. The van der Waals surface area contributed by atoms with E-state index in [0.29, 0.717) is 25.9 Å². The van der Waals surface area contributed by atoms with Crippen LogP contribution < -0.4 is 10.4 Å². The molecule has 0 radical (unpaired) electrons. The molecule has 1 heterocycles. The first-order valence-electron chi connectivity index (χ1n) is 14.2. The molecule has 0 fully saturated rings. The van der Waals surface area contributed by atoms with E-state index in [9.17, 15) is 13.2 Å². The minimum absolute atomic E-state index is 0.172. The summed E-state index contributed by atoms with van der Waals surface area (Å²) in [6, 6.07) is 26.3. The summed E-state index contributed by atoms with van der Waals surface area (Å²) in [5.74, 6) is -0.202. The van der Waals surface area contributed by atoms with Crippen LogP contribution in [0.25, 0.3) is 0 Å². The summed E-state index contributed by atoms with van der Waals surface area (Å²) < 4.78 is 36.2. The molecule has 1 aliphatic heterocycles. The molecular weight excluding hydrogens is 547 g/mol. The van der Waals surface area contributed by atoms with Crippen LogP contribution in [0.5, 0.6) is 0 Å². The third kappa shape index (κ3) is 6.38. The molecule has 0 amide bonds. The van der Waals surface area contributed by atoms with Crippen LogP contribution >= 0.6 is 0 Å². The molecule has 0 bridgehead atoms. The molecule has 0 saturated heterocycles. The van der Waals surface area contributed by atoms with E-state index >= 15 is 0 Å². The Morgan fingerprint density at radius 3 is 2.00 bits per heavy atom. The van der Waals surface area contributed by atoms with E-state index in [1.54, 1.807) is 36.4 Å². The summed E-state index contributed by atoms with van der Waals surface area (Å²) in [7, 11) is -6.66. The smallest absolute Gasteiger partial charge is 0.261 e. The first-order valence-corrected chi connectivity index (χ1v) is 17.6. The lowest BCUT2D eigenvalue weighted by molar-refractivity contribution is -0.119. The van der Waals surface area contributed by atoms with Gasteiger partial charge in [-0.2, -0.15) is 4.31 Å². The van der Waals surface area contributed by atoms with Crippen LogP contribution in [0.4, 0.5) is 0 Å². The molecule has 2 atom stereocenters. The third-order valence-corrected chi connectivity index (χ3v) is 14.8. The van der Waals surface area contributed by atoms with Gasteiger partial charge >= 0.3 is 0 Å². The monoisotopic (exact) mass is 587 g/mol. The highest BCUT2D eigenvalue weighted by atomic mass is 32.2. The molecule has 7 heteroatoms. The number of aryl methyl sites for hydroxylation is 1. The van der Waals surface area contributed by atoms with E-state index in [2.05, 4.69) is 75.9 Å². The summed E-state index contributed by atoms with van der Waals surface area (Å²) in [6.45, 7) is 12.8. The van der Waals surface area contributed by atoms with E-state index in [0.717, 1.165) is 5.56 Å². The van der Waals surface area contributed by atoms with Gasteiger partial charge in [0.25, 0.3) is 8.32 Å². The maximum Gasteiger partial charge on any atom is 0.261 e. The number of benzene rings is 3. The van der Waals surface area contributed by atoms with Gasteiger partial charge in [-0.15, -0.1) is 6.58 Å². The normalized spacial score (nSPS) is 18.4. The zero-order valence-electron chi connectivity index (χ0n) is 24.5. The molecule has 41 heavy (non-hydrogen) atoms. The van der Waals surface area contributed by atoms with Gasteiger partial charge in [0, 0.05) is 12.6 Å². The predicted octanol–water partition coefficient (Wildman–Crippen LogP) is 5.79. The van der Waals surface area contributed by atoms with Crippen LogP contribution in [0.1, 0.15) is 45.6 Å². The minimum Gasteiger partial charge on any atom is -0.407 e. The topological polar surface area (TPSA) is 63.7 Å². The molecule has 5 nitrogen and oxygen atoms in total. The highest BCUT2D eigenvalue weighted by Crippen LogP contribution is 2.37. The minimum atomic E-state index is -3.93. The van der Waals surface area contributed by atoms with Crippen LogP contribution in [0, 0.1) is 6.92 Å². The average molecular weight is 588 g/mol. The number of rotatable bonds is 11. The molecular formula is C34H41NO4SSi. The first-order chi connectivity index (χ1) is 19.5. The van der Waals surface area contributed by atoms with Crippen LogP contribution in [-0.2, 0) is 19.2 Å². The number of carbonyl (C=O) groups is 1. The van der Waals surface area contributed by atoms with E-state index in [-0.39, 0.29) is 15.7 Å². The summed E-state index contributed by atoms with van der Waals surface area (Å²) in [5, 5.41) is 2.20. The molecule has 1 aliphatic rings. The molecule has 0 aliphatic carbocycles. The SMILES string of the molecule is C=CC[C@@H]1C=CC(=O)[C@H](CCCO[Si](c2ccccc2)(c2ccccc2)C(C)(C)C)N1S(=O)(=O)c1ccc(C)cc1. The zero-order valence-corrected chi connectivity index (χ0v) is 26.3. The Morgan fingerprint density at radius 1 is 0.927 bits per heavy atom. The van der Waals surface area contributed by atoms with Crippen molar-refractivity contribution in [2.24, 2.45) is 0 Å². The Labute approximate surface area is 246 Å². The van der Waals surface area contributed by atoms with Gasteiger partial charge in [-0.3, -0.25) is 4.79 Å². The number of hydrogen-bond donors (Lipinski definition) is 0. The summed E-state index contributed by atoms with van der Waals surface area (Å²) in [5.41, 5.74) is 0.971. The van der Waals surface area contributed by atoms with Crippen molar-refractivity contribution in [1.29, 1.82) is 0 Å². The van der Waals surface area contributed by atoms with Gasteiger partial charge in [0.05, 0.1) is 10.9 Å². The molecule has 0 aromatic heterocycles. The Balaban J connectivity index is 1.63. The first kappa shape index (κ1) is 30.8. The van der Waals surface area contributed by atoms with Crippen molar-refractivity contribution in [2.45, 2.75) is 69.0 Å². The lowest BCUT2D eigenvalue weighted by Crippen LogP contribution is -2.66. The maximum absolute atomic E-state index is 13.9. The van der Waals surface area contributed by atoms with Crippen molar-refractivity contribution >= 4 is 34.5 Å². The van der Waals surface area contributed by atoms with Crippen molar-refractivity contribution in [2.75, 3.05) is 6.61 Å². The summed E-state index contributed by atoms with van der Waals surface area (Å²) in [4.78, 5) is 13.4. The molecule has 3 aromatic carbocycles. The van der Waals surface area contributed by atoms with Crippen LogP contribution in [0.15, 0.2) is 115 Å². The maximum atomic E-state index is 13.9. The van der Waals surface area contributed by atoms with Crippen LogP contribution in [0.2, 0.25) is 5.04 Å². The number of carbonyl (C=O) groups excluding carboxylic acids is 1. The fourth-order valence-corrected chi connectivity index (χ4v) is 12.2. The van der Waals surface area contributed by atoms with E-state index < -0.39 is 30.4 Å². The second-order valence-electron chi connectivity index (χ2n) is 11.7. The molecule has 0 unspecified atom stereocenters. The Bertz CT molecular complexity index is 1420. The number of ketones is 1. The Hall–Kier alpha value is -3.10. The quantitative estimate of drug-likeness (QED) is 0.162. The van der Waals surface area contributed by atoms with Crippen LogP contribution in [-0.4, -0.2) is 45.5 Å². The van der Waals surface area contributed by atoms with Crippen molar-refractivity contribution in [3.63, 3.8) is 0 Å². The van der Waals surface area contributed by atoms with Gasteiger partial charge in [-0.1, -0.05) is 111 Å². The predicted molar refractivity (Wildman–Crippen MR) is 170 cm³/mol.